The lowest BCUT2D eigenvalue weighted by atomic mass is 10.0. The number of halogens is 2. The molecule has 0 spiro atoms. The van der Waals surface area contributed by atoms with Crippen molar-refractivity contribution < 1.29 is 4.39 Å². The normalized spacial score (nSPS) is 13.8. The summed E-state index contributed by atoms with van der Waals surface area (Å²) in [7, 11) is 0. The largest absolute Gasteiger partial charge is 0.367 e. The van der Waals surface area contributed by atoms with Gasteiger partial charge in [-0.25, -0.2) is 18.9 Å². The van der Waals surface area contributed by atoms with E-state index in [0.29, 0.717) is 28.4 Å². The summed E-state index contributed by atoms with van der Waals surface area (Å²) in [4.78, 5) is 9.22. The quantitative estimate of drug-likeness (QED) is 0.256. The summed E-state index contributed by atoms with van der Waals surface area (Å²) in [6.45, 7) is 0. The van der Waals surface area contributed by atoms with Crippen molar-refractivity contribution in [3.05, 3.63) is 89.8 Å². The van der Waals surface area contributed by atoms with E-state index in [1.165, 1.54) is 25.0 Å². The first kappa shape index (κ1) is 22.5. The number of nitrogens with zero attached hydrogens (tertiary/aromatic N) is 4. The third-order valence-corrected chi connectivity index (χ3v) is 6.68. The van der Waals surface area contributed by atoms with Crippen molar-refractivity contribution >= 4 is 34.6 Å². The summed E-state index contributed by atoms with van der Waals surface area (Å²) in [5.74, 6) is 0.997. The molecule has 1 saturated carbocycles. The van der Waals surface area contributed by atoms with Crippen LogP contribution in [0.5, 0.6) is 0 Å². The summed E-state index contributed by atoms with van der Waals surface area (Å²) in [6.07, 6.45) is 6.38. The molecule has 0 aliphatic heterocycles. The van der Waals surface area contributed by atoms with Gasteiger partial charge in [-0.15, -0.1) is 0 Å². The highest BCUT2D eigenvalue weighted by atomic mass is 35.5. The molecule has 2 N–H and O–H groups in total. The number of para-hydroxylation sites is 1. The summed E-state index contributed by atoms with van der Waals surface area (Å²) in [5.41, 5.74) is 4.67. The third kappa shape index (κ3) is 4.50. The van der Waals surface area contributed by atoms with Gasteiger partial charge in [0.1, 0.15) is 17.3 Å². The predicted octanol–water partition coefficient (Wildman–Crippen LogP) is 7.35. The molecule has 1 aliphatic rings. The van der Waals surface area contributed by atoms with E-state index in [0.717, 1.165) is 41.0 Å². The van der Waals surface area contributed by atoms with E-state index in [-0.39, 0.29) is 5.82 Å². The molecule has 1 aliphatic carbocycles. The van der Waals surface area contributed by atoms with E-state index in [1.54, 1.807) is 18.3 Å². The summed E-state index contributed by atoms with van der Waals surface area (Å²) >= 11 is 6.61. The lowest BCUT2D eigenvalue weighted by Gasteiger charge is -2.15. The molecule has 6 nitrogen and oxygen atoms in total. The first-order valence-corrected chi connectivity index (χ1v) is 12.4. The minimum absolute atomic E-state index is 0.299. The maximum Gasteiger partial charge on any atom is 0.227 e. The number of fused-ring (bicyclic) bond motifs is 1. The molecular formula is C28H24ClFN6. The fraction of sp³-hybridized carbons (Fsp3) is 0.179. The Bertz CT molecular complexity index is 1510. The topological polar surface area (TPSA) is 67.1 Å². The van der Waals surface area contributed by atoms with E-state index < -0.39 is 0 Å². The Hall–Kier alpha value is -3.97. The molecule has 0 radical (unpaired) electrons. The SMILES string of the molecule is Fc1ccc(-c2nn3c(NC4CCCC4)cc(Cl)cc3c2-c2ccnc(Nc3ccccc3)n2)cc1. The van der Waals surface area contributed by atoms with Crippen LogP contribution in [0.3, 0.4) is 0 Å². The fourth-order valence-corrected chi connectivity index (χ4v) is 4.97. The zero-order valence-corrected chi connectivity index (χ0v) is 20.2. The van der Waals surface area contributed by atoms with Crippen molar-refractivity contribution in [3.8, 4) is 22.5 Å². The van der Waals surface area contributed by atoms with Crippen LogP contribution in [-0.2, 0) is 0 Å². The maximum absolute atomic E-state index is 13.8. The maximum atomic E-state index is 13.8. The average Bonchev–Trinajstić information content (AvgIpc) is 3.53. The van der Waals surface area contributed by atoms with E-state index >= 15 is 0 Å². The van der Waals surface area contributed by atoms with Crippen molar-refractivity contribution in [1.82, 2.24) is 19.6 Å². The molecular weight excluding hydrogens is 475 g/mol. The van der Waals surface area contributed by atoms with Gasteiger partial charge in [0.05, 0.1) is 16.8 Å². The molecule has 0 unspecified atom stereocenters. The van der Waals surface area contributed by atoms with Gasteiger partial charge in [0.2, 0.25) is 5.95 Å². The van der Waals surface area contributed by atoms with E-state index in [4.69, 9.17) is 21.7 Å². The van der Waals surface area contributed by atoms with Gasteiger partial charge in [-0.2, -0.15) is 5.10 Å². The Balaban J connectivity index is 1.52. The molecule has 180 valence electrons. The Morgan fingerprint density at radius 3 is 2.50 bits per heavy atom. The van der Waals surface area contributed by atoms with Crippen LogP contribution >= 0.6 is 11.6 Å². The Morgan fingerprint density at radius 1 is 0.944 bits per heavy atom. The number of anilines is 3. The zero-order valence-electron chi connectivity index (χ0n) is 19.5. The molecule has 0 atom stereocenters. The van der Waals surface area contributed by atoms with Crippen LogP contribution in [0.25, 0.3) is 28.0 Å². The van der Waals surface area contributed by atoms with Gasteiger partial charge in [0.15, 0.2) is 0 Å². The molecule has 5 aromatic rings. The Morgan fingerprint density at radius 2 is 1.72 bits per heavy atom. The van der Waals surface area contributed by atoms with Crippen molar-refractivity contribution in [2.24, 2.45) is 0 Å². The molecule has 3 heterocycles. The number of nitrogens with one attached hydrogen (secondary N) is 2. The number of rotatable bonds is 6. The first-order chi connectivity index (χ1) is 17.6. The number of aromatic nitrogens is 4. The Kier molecular flexibility index (Phi) is 5.99. The number of hydrogen-bond acceptors (Lipinski definition) is 5. The predicted molar refractivity (Wildman–Crippen MR) is 142 cm³/mol. The second kappa shape index (κ2) is 9.59. The van der Waals surface area contributed by atoms with E-state index in [2.05, 4.69) is 15.6 Å². The average molecular weight is 499 g/mol. The van der Waals surface area contributed by atoms with Crippen LogP contribution in [0.2, 0.25) is 5.02 Å². The minimum Gasteiger partial charge on any atom is -0.367 e. The molecule has 2 aromatic carbocycles. The van der Waals surface area contributed by atoms with Crippen LogP contribution in [0, 0.1) is 5.82 Å². The smallest absolute Gasteiger partial charge is 0.227 e. The third-order valence-electron chi connectivity index (χ3n) is 6.47. The fourth-order valence-electron chi connectivity index (χ4n) is 4.77. The van der Waals surface area contributed by atoms with E-state index in [1.807, 2.05) is 53.0 Å². The molecule has 0 saturated heterocycles. The molecule has 6 rings (SSSR count). The van der Waals surface area contributed by atoms with Gasteiger partial charge in [0.25, 0.3) is 0 Å². The van der Waals surface area contributed by atoms with Crippen molar-refractivity contribution in [2.45, 2.75) is 31.7 Å². The van der Waals surface area contributed by atoms with Crippen molar-refractivity contribution in [3.63, 3.8) is 0 Å². The van der Waals surface area contributed by atoms with Gasteiger partial charge in [-0.3, -0.25) is 0 Å². The van der Waals surface area contributed by atoms with E-state index in [9.17, 15) is 4.39 Å². The van der Waals surface area contributed by atoms with Crippen LogP contribution in [-0.4, -0.2) is 25.6 Å². The highest BCUT2D eigenvalue weighted by Crippen LogP contribution is 2.38. The summed E-state index contributed by atoms with van der Waals surface area (Å²) in [6, 6.07) is 22.1. The molecule has 36 heavy (non-hydrogen) atoms. The van der Waals surface area contributed by atoms with Crippen LogP contribution < -0.4 is 10.6 Å². The first-order valence-electron chi connectivity index (χ1n) is 12.0. The standard InChI is InChI=1S/C28H24ClFN6/c29-19-16-24-26(23-14-15-31-28(34-23)33-22-6-2-1-3-7-22)27(18-10-12-20(30)13-11-18)35-36(24)25(17-19)32-21-8-4-5-9-21/h1-3,6-7,10-17,21,32H,4-5,8-9H2,(H,31,33,34). The van der Waals surface area contributed by atoms with Crippen molar-refractivity contribution in [1.29, 1.82) is 0 Å². The second-order valence-electron chi connectivity index (χ2n) is 8.97. The van der Waals surface area contributed by atoms with Crippen LogP contribution in [0.4, 0.5) is 21.8 Å². The molecule has 8 heteroatoms. The van der Waals surface area contributed by atoms with Gasteiger partial charge in [-0.05, 0) is 67.4 Å². The monoisotopic (exact) mass is 498 g/mol. The molecule has 0 amide bonds. The lowest BCUT2D eigenvalue weighted by molar-refractivity contribution is 0.628. The highest BCUT2D eigenvalue weighted by Gasteiger charge is 2.22. The van der Waals surface area contributed by atoms with Gasteiger partial charge < -0.3 is 10.6 Å². The molecule has 3 aromatic heterocycles. The summed E-state index contributed by atoms with van der Waals surface area (Å²) in [5, 5.41) is 12.5. The number of pyridine rings is 1. The van der Waals surface area contributed by atoms with Gasteiger partial charge in [0, 0.05) is 28.5 Å². The van der Waals surface area contributed by atoms with Gasteiger partial charge >= 0.3 is 0 Å². The highest BCUT2D eigenvalue weighted by molar-refractivity contribution is 6.31. The molecule has 1 fully saturated rings. The van der Waals surface area contributed by atoms with Crippen molar-refractivity contribution in [2.75, 3.05) is 10.6 Å². The number of benzene rings is 2. The second-order valence-corrected chi connectivity index (χ2v) is 9.41. The Labute approximate surface area is 213 Å². The minimum atomic E-state index is -0.299. The number of hydrogen-bond donors (Lipinski definition) is 2. The van der Waals surface area contributed by atoms with Crippen LogP contribution in [0.1, 0.15) is 25.7 Å². The molecule has 0 bridgehead atoms. The van der Waals surface area contributed by atoms with Gasteiger partial charge in [-0.1, -0.05) is 42.6 Å². The summed E-state index contributed by atoms with van der Waals surface area (Å²) < 4.78 is 15.6. The zero-order chi connectivity index (χ0) is 24.5. The lowest BCUT2D eigenvalue weighted by Crippen LogP contribution is -2.17. The van der Waals surface area contributed by atoms with Crippen LogP contribution in [0.15, 0.2) is 79.0 Å².